The first-order valence-corrected chi connectivity index (χ1v) is 8.06. The molecule has 132 valence electrons. The van der Waals surface area contributed by atoms with E-state index in [-0.39, 0.29) is 42.5 Å². The summed E-state index contributed by atoms with van der Waals surface area (Å²) in [6.07, 6.45) is -0.154. The van der Waals surface area contributed by atoms with Gasteiger partial charge in [0.05, 0.1) is 18.7 Å². The van der Waals surface area contributed by atoms with Crippen LogP contribution < -0.4 is 15.2 Å². The molecule has 0 bridgehead atoms. The molecule has 2 heterocycles. The number of pyridine rings is 1. The number of para-hydroxylation sites is 1. The summed E-state index contributed by atoms with van der Waals surface area (Å²) in [7, 11) is 0. The molecule has 1 aliphatic rings. The Bertz CT molecular complexity index is 1080. The van der Waals surface area contributed by atoms with Crippen molar-refractivity contribution in [1.82, 2.24) is 4.98 Å². The number of amides is 1. The number of hydrogen-bond acceptors (Lipinski definition) is 3. The van der Waals surface area contributed by atoms with Crippen molar-refractivity contribution in [2.75, 3.05) is 18.1 Å². The molecule has 1 aliphatic heterocycles. The molecule has 26 heavy (non-hydrogen) atoms. The van der Waals surface area contributed by atoms with Gasteiger partial charge in [0.1, 0.15) is 12.4 Å². The fourth-order valence-electron chi connectivity index (χ4n) is 3.05. The lowest BCUT2D eigenvalue weighted by atomic mass is 10.1. The largest absolute Gasteiger partial charge is 0.489 e. The Hall–Kier alpha value is -3.22. The van der Waals surface area contributed by atoms with E-state index >= 15 is 0 Å². The summed E-state index contributed by atoms with van der Waals surface area (Å²) in [5.74, 6) is -2.38. The molecule has 1 aromatic heterocycles. The van der Waals surface area contributed by atoms with E-state index in [1.807, 2.05) is 12.1 Å². The lowest BCUT2D eigenvalue weighted by Crippen LogP contribution is -2.39. The monoisotopic (exact) mass is 356 g/mol. The predicted molar refractivity (Wildman–Crippen MR) is 92.5 cm³/mol. The van der Waals surface area contributed by atoms with Gasteiger partial charge < -0.3 is 14.6 Å². The summed E-state index contributed by atoms with van der Waals surface area (Å²) >= 11 is 0. The van der Waals surface area contributed by atoms with Crippen LogP contribution in [0, 0.1) is 11.6 Å². The Labute approximate surface area is 146 Å². The number of fused-ring (bicyclic) bond motifs is 2. The summed E-state index contributed by atoms with van der Waals surface area (Å²) in [5.41, 5.74) is 0.806. The fraction of sp³-hybridized carbons (Fsp3) is 0.158. The first-order chi connectivity index (χ1) is 12.5. The van der Waals surface area contributed by atoms with Crippen LogP contribution in [0.2, 0.25) is 0 Å². The van der Waals surface area contributed by atoms with Gasteiger partial charge >= 0.3 is 0 Å². The number of halogens is 2. The molecule has 0 aliphatic carbocycles. The van der Waals surface area contributed by atoms with Crippen molar-refractivity contribution in [3.63, 3.8) is 0 Å². The molecule has 5 nitrogen and oxygen atoms in total. The minimum absolute atomic E-state index is 0.107. The van der Waals surface area contributed by atoms with Crippen LogP contribution in [0.4, 0.5) is 14.5 Å². The van der Waals surface area contributed by atoms with Crippen LogP contribution in [0.3, 0.4) is 0 Å². The Balaban J connectivity index is 1.67. The maximum Gasteiger partial charge on any atom is 0.252 e. The van der Waals surface area contributed by atoms with Gasteiger partial charge in [0, 0.05) is 23.2 Å². The molecular formula is C19H14F2N2O3. The molecule has 0 saturated heterocycles. The van der Waals surface area contributed by atoms with Crippen LogP contribution in [0.25, 0.3) is 10.9 Å². The highest BCUT2D eigenvalue weighted by atomic mass is 19.2. The van der Waals surface area contributed by atoms with Gasteiger partial charge in [0.2, 0.25) is 5.91 Å². The SMILES string of the molecule is O=C(Cc1cc2ccccc2[nH]c1=O)N1CCOc2cc(F)c(F)cc21. The van der Waals surface area contributed by atoms with Gasteiger partial charge in [-0.2, -0.15) is 0 Å². The quantitative estimate of drug-likeness (QED) is 0.768. The summed E-state index contributed by atoms with van der Waals surface area (Å²) in [6, 6.07) is 10.8. The third-order valence-electron chi connectivity index (χ3n) is 4.34. The third kappa shape index (κ3) is 2.81. The summed E-state index contributed by atoms with van der Waals surface area (Å²) in [4.78, 5) is 29.0. The molecule has 1 amide bonds. The maximum absolute atomic E-state index is 13.6. The van der Waals surface area contributed by atoms with E-state index in [9.17, 15) is 18.4 Å². The highest BCUT2D eigenvalue weighted by Crippen LogP contribution is 2.33. The molecule has 1 N–H and O–H groups in total. The first kappa shape index (κ1) is 16.3. The molecule has 0 saturated carbocycles. The number of ether oxygens (including phenoxy) is 1. The number of carbonyl (C=O) groups excluding carboxylic acids is 1. The number of aromatic amines is 1. The number of benzene rings is 2. The normalized spacial score (nSPS) is 13.4. The predicted octanol–water partition coefficient (Wildman–Crippen LogP) is 2.77. The smallest absolute Gasteiger partial charge is 0.252 e. The van der Waals surface area contributed by atoms with Gasteiger partial charge in [-0.1, -0.05) is 18.2 Å². The highest BCUT2D eigenvalue weighted by Gasteiger charge is 2.26. The van der Waals surface area contributed by atoms with Crippen LogP contribution in [0.5, 0.6) is 5.75 Å². The van der Waals surface area contributed by atoms with Crippen molar-refractivity contribution >= 4 is 22.5 Å². The van der Waals surface area contributed by atoms with E-state index in [1.165, 1.54) is 4.90 Å². The van der Waals surface area contributed by atoms with E-state index < -0.39 is 11.6 Å². The molecule has 4 rings (SSSR count). The van der Waals surface area contributed by atoms with E-state index in [1.54, 1.807) is 18.2 Å². The van der Waals surface area contributed by atoms with E-state index in [4.69, 9.17) is 4.74 Å². The zero-order valence-electron chi connectivity index (χ0n) is 13.6. The zero-order valence-corrected chi connectivity index (χ0v) is 13.6. The standard InChI is InChI=1S/C19H14F2N2O3/c20-13-9-16-17(10-14(13)21)26-6-5-23(16)18(24)8-12-7-11-3-1-2-4-15(11)22-19(12)25/h1-4,7,9-10H,5-6,8H2,(H,22,25). The second-order valence-electron chi connectivity index (χ2n) is 6.02. The maximum atomic E-state index is 13.6. The van der Waals surface area contributed by atoms with E-state index in [0.717, 1.165) is 17.5 Å². The number of anilines is 1. The molecule has 7 heteroatoms. The molecule has 0 spiro atoms. The summed E-state index contributed by atoms with van der Waals surface area (Å²) < 4.78 is 32.3. The topological polar surface area (TPSA) is 62.4 Å². The minimum atomic E-state index is -1.06. The van der Waals surface area contributed by atoms with Gasteiger partial charge in [0.25, 0.3) is 5.56 Å². The van der Waals surface area contributed by atoms with Crippen molar-refractivity contribution in [1.29, 1.82) is 0 Å². The molecule has 2 aromatic carbocycles. The zero-order chi connectivity index (χ0) is 18.3. The molecule has 0 fully saturated rings. The molecule has 0 radical (unpaired) electrons. The Morgan fingerprint density at radius 3 is 2.77 bits per heavy atom. The number of aromatic nitrogens is 1. The number of H-pyrrole nitrogens is 1. The fourth-order valence-corrected chi connectivity index (χ4v) is 3.05. The number of nitrogens with zero attached hydrogens (tertiary/aromatic N) is 1. The second kappa shape index (κ2) is 6.25. The third-order valence-corrected chi connectivity index (χ3v) is 4.34. The number of carbonyl (C=O) groups is 1. The average molecular weight is 356 g/mol. The van der Waals surface area contributed by atoms with Gasteiger partial charge in [0.15, 0.2) is 11.6 Å². The van der Waals surface area contributed by atoms with Gasteiger partial charge in [-0.3, -0.25) is 9.59 Å². The van der Waals surface area contributed by atoms with Crippen molar-refractivity contribution in [2.45, 2.75) is 6.42 Å². The number of rotatable bonds is 2. The Morgan fingerprint density at radius 2 is 1.92 bits per heavy atom. The minimum Gasteiger partial charge on any atom is -0.489 e. The molecule has 0 unspecified atom stereocenters. The molecule has 0 atom stereocenters. The van der Waals surface area contributed by atoms with Crippen LogP contribution in [-0.4, -0.2) is 24.0 Å². The lowest BCUT2D eigenvalue weighted by molar-refractivity contribution is -0.118. The summed E-state index contributed by atoms with van der Waals surface area (Å²) in [5, 5.41) is 0.811. The Kier molecular flexibility index (Phi) is 3.91. The highest BCUT2D eigenvalue weighted by molar-refractivity contribution is 5.97. The van der Waals surface area contributed by atoms with Crippen LogP contribution in [0.15, 0.2) is 47.3 Å². The number of nitrogens with one attached hydrogen (secondary N) is 1. The Morgan fingerprint density at radius 1 is 1.15 bits per heavy atom. The van der Waals surface area contributed by atoms with Crippen molar-refractivity contribution in [3.05, 3.63) is 70.0 Å². The van der Waals surface area contributed by atoms with Crippen molar-refractivity contribution in [3.8, 4) is 5.75 Å². The van der Waals surface area contributed by atoms with Crippen molar-refractivity contribution < 1.29 is 18.3 Å². The first-order valence-electron chi connectivity index (χ1n) is 8.06. The van der Waals surface area contributed by atoms with Crippen LogP contribution >= 0.6 is 0 Å². The van der Waals surface area contributed by atoms with Gasteiger partial charge in [-0.25, -0.2) is 8.78 Å². The van der Waals surface area contributed by atoms with E-state index in [0.29, 0.717) is 11.1 Å². The number of hydrogen-bond donors (Lipinski definition) is 1. The second-order valence-corrected chi connectivity index (χ2v) is 6.02. The van der Waals surface area contributed by atoms with Gasteiger partial charge in [-0.05, 0) is 17.5 Å². The molecule has 3 aromatic rings. The average Bonchev–Trinajstić information content (AvgIpc) is 2.63. The van der Waals surface area contributed by atoms with Crippen LogP contribution in [-0.2, 0) is 11.2 Å². The van der Waals surface area contributed by atoms with Crippen LogP contribution in [0.1, 0.15) is 5.56 Å². The van der Waals surface area contributed by atoms with Gasteiger partial charge in [-0.15, -0.1) is 0 Å². The lowest BCUT2D eigenvalue weighted by Gasteiger charge is -2.29. The van der Waals surface area contributed by atoms with Crippen molar-refractivity contribution in [2.24, 2.45) is 0 Å². The molecular weight excluding hydrogens is 342 g/mol. The van der Waals surface area contributed by atoms with E-state index in [2.05, 4.69) is 4.98 Å². The summed E-state index contributed by atoms with van der Waals surface area (Å²) in [6.45, 7) is 0.361.